The first-order valence-electron chi connectivity index (χ1n) is 7.31. The molecule has 0 radical (unpaired) electrons. The van der Waals surface area contributed by atoms with Crippen LogP contribution in [-0.2, 0) is 11.3 Å². The quantitative estimate of drug-likeness (QED) is 0.918. The van der Waals surface area contributed by atoms with E-state index < -0.39 is 11.3 Å². The lowest BCUT2D eigenvalue weighted by Crippen LogP contribution is -2.54. The van der Waals surface area contributed by atoms with Crippen molar-refractivity contribution in [1.29, 1.82) is 0 Å². The van der Waals surface area contributed by atoms with Crippen molar-refractivity contribution >= 4 is 5.91 Å². The molecule has 0 aromatic carbocycles. The number of methoxy groups -OCH3 is 1. The molecule has 1 aromatic heterocycles. The van der Waals surface area contributed by atoms with Gasteiger partial charge in [-0.05, 0) is 12.5 Å². The summed E-state index contributed by atoms with van der Waals surface area (Å²) in [7, 11) is 1.50. The molecular formula is C15H19F2N3O2. The molecule has 0 aliphatic carbocycles. The van der Waals surface area contributed by atoms with Crippen LogP contribution in [0.15, 0.2) is 18.3 Å². The minimum Gasteiger partial charge on any atom is -0.481 e. The standard InChI is InChI=1S/C15H19F2N3O2/c1-22-12-11(3-2-5-18-12)7-20-9-14(4-6-19-13(14)21)8-15(16,17)10-20/h2-3,5H,4,6-10H2,1H3,(H,19,21)/t14-/m0/s1. The van der Waals surface area contributed by atoms with Gasteiger partial charge in [0.15, 0.2) is 0 Å². The molecule has 0 unspecified atom stereocenters. The predicted molar refractivity (Wildman–Crippen MR) is 75.7 cm³/mol. The number of alkyl halides is 2. The van der Waals surface area contributed by atoms with Crippen LogP contribution in [-0.4, -0.2) is 48.5 Å². The molecule has 0 bridgehead atoms. The number of ether oxygens (including phenoxy) is 1. The lowest BCUT2D eigenvalue weighted by Gasteiger charge is -2.42. The van der Waals surface area contributed by atoms with Crippen LogP contribution in [0.3, 0.4) is 0 Å². The Hall–Kier alpha value is -1.76. The minimum atomic E-state index is -2.87. The van der Waals surface area contributed by atoms with Crippen molar-refractivity contribution in [2.75, 3.05) is 26.7 Å². The summed E-state index contributed by atoms with van der Waals surface area (Å²) < 4.78 is 33.5. The lowest BCUT2D eigenvalue weighted by molar-refractivity contribution is -0.149. The second-order valence-electron chi connectivity index (χ2n) is 6.14. The number of rotatable bonds is 3. The number of pyridine rings is 1. The number of nitrogens with one attached hydrogen (secondary N) is 1. The number of aromatic nitrogens is 1. The Bertz CT molecular complexity index is 582. The van der Waals surface area contributed by atoms with E-state index >= 15 is 0 Å². The molecule has 2 aliphatic heterocycles. The van der Waals surface area contributed by atoms with Gasteiger partial charge in [0.2, 0.25) is 11.8 Å². The van der Waals surface area contributed by atoms with E-state index in [4.69, 9.17) is 4.74 Å². The molecular weight excluding hydrogens is 292 g/mol. The maximum absolute atomic E-state index is 14.1. The van der Waals surface area contributed by atoms with Crippen LogP contribution in [0.2, 0.25) is 0 Å². The summed E-state index contributed by atoms with van der Waals surface area (Å²) in [6.07, 6.45) is 1.69. The molecule has 1 aromatic rings. The highest BCUT2D eigenvalue weighted by atomic mass is 19.3. The summed E-state index contributed by atoms with van der Waals surface area (Å²) in [5, 5.41) is 2.69. The van der Waals surface area contributed by atoms with Gasteiger partial charge in [0, 0.05) is 37.8 Å². The van der Waals surface area contributed by atoms with Crippen LogP contribution in [0.1, 0.15) is 18.4 Å². The predicted octanol–water partition coefficient (Wildman–Crippen LogP) is 1.44. The van der Waals surface area contributed by atoms with Gasteiger partial charge in [0.1, 0.15) is 0 Å². The first kappa shape index (κ1) is 15.1. The van der Waals surface area contributed by atoms with Gasteiger partial charge in [-0.1, -0.05) is 6.07 Å². The van der Waals surface area contributed by atoms with E-state index in [9.17, 15) is 13.6 Å². The van der Waals surface area contributed by atoms with Gasteiger partial charge >= 0.3 is 0 Å². The zero-order chi connectivity index (χ0) is 15.8. The number of hydrogen-bond acceptors (Lipinski definition) is 4. The number of piperidine rings is 1. The van der Waals surface area contributed by atoms with Crippen LogP contribution in [0.4, 0.5) is 8.78 Å². The molecule has 3 heterocycles. The van der Waals surface area contributed by atoms with Crippen molar-refractivity contribution in [2.45, 2.75) is 25.3 Å². The Labute approximate surface area is 127 Å². The summed E-state index contributed by atoms with van der Waals surface area (Å²) in [5.41, 5.74) is -0.228. The van der Waals surface area contributed by atoms with Crippen molar-refractivity contribution in [2.24, 2.45) is 5.41 Å². The molecule has 7 heteroatoms. The maximum Gasteiger partial charge on any atom is 0.261 e. The number of nitrogens with zero attached hydrogens (tertiary/aromatic N) is 2. The van der Waals surface area contributed by atoms with Gasteiger partial charge in [0.25, 0.3) is 5.92 Å². The van der Waals surface area contributed by atoms with Crippen molar-refractivity contribution in [3.05, 3.63) is 23.9 Å². The lowest BCUT2D eigenvalue weighted by atomic mass is 9.77. The molecule has 5 nitrogen and oxygen atoms in total. The first-order valence-corrected chi connectivity index (χ1v) is 7.31. The summed E-state index contributed by atoms with van der Waals surface area (Å²) in [6, 6.07) is 3.55. The topological polar surface area (TPSA) is 54.5 Å². The molecule has 1 N–H and O–H groups in total. The van der Waals surface area contributed by atoms with E-state index in [-0.39, 0.29) is 18.9 Å². The van der Waals surface area contributed by atoms with Gasteiger partial charge < -0.3 is 10.1 Å². The van der Waals surface area contributed by atoms with Crippen molar-refractivity contribution in [1.82, 2.24) is 15.2 Å². The van der Waals surface area contributed by atoms with Crippen LogP contribution >= 0.6 is 0 Å². The normalized spacial score (nSPS) is 27.9. The van der Waals surface area contributed by atoms with Crippen molar-refractivity contribution in [3.8, 4) is 5.88 Å². The third-order valence-electron chi connectivity index (χ3n) is 4.39. The Balaban J connectivity index is 1.83. The molecule has 22 heavy (non-hydrogen) atoms. The van der Waals surface area contributed by atoms with Gasteiger partial charge in [-0.3, -0.25) is 9.69 Å². The molecule has 1 amide bonds. The first-order chi connectivity index (χ1) is 10.4. The van der Waals surface area contributed by atoms with E-state index in [2.05, 4.69) is 10.3 Å². The van der Waals surface area contributed by atoms with Crippen LogP contribution < -0.4 is 10.1 Å². The van der Waals surface area contributed by atoms with Crippen LogP contribution in [0.25, 0.3) is 0 Å². The summed E-state index contributed by atoms with van der Waals surface area (Å²) in [6.45, 7) is 0.757. The van der Waals surface area contributed by atoms with E-state index in [0.29, 0.717) is 31.9 Å². The van der Waals surface area contributed by atoms with Crippen molar-refractivity contribution < 1.29 is 18.3 Å². The molecule has 3 rings (SSSR count). The van der Waals surface area contributed by atoms with Crippen LogP contribution in [0.5, 0.6) is 5.88 Å². The maximum atomic E-state index is 14.1. The number of carbonyl (C=O) groups is 1. The average Bonchev–Trinajstić information content (AvgIpc) is 2.77. The minimum absolute atomic E-state index is 0.255. The number of likely N-dealkylation sites (tertiary alicyclic amines) is 1. The number of hydrogen-bond donors (Lipinski definition) is 1. The summed E-state index contributed by atoms with van der Waals surface area (Å²) >= 11 is 0. The third kappa shape index (κ3) is 2.77. The fraction of sp³-hybridized carbons (Fsp3) is 0.600. The molecule has 1 spiro atoms. The smallest absolute Gasteiger partial charge is 0.261 e. The van der Waals surface area contributed by atoms with Gasteiger partial charge in [-0.15, -0.1) is 0 Å². The molecule has 0 saturated carbocycles. The second-order valence-corrected chi connectivity index (χ2v) is 6.14. The largest absolute Gasteiger partial charge is 0.481 e. The molecule has 2 aliphatic rings. The van der Waals surface area contributed by atoms with E-state index in [1.165, 1.54) is 7.11 Å². The zero-order valence-electron chi connectivity index (χ0n) is 12.4. The highest BCUT2D eigenvalue weighted by molar-refractivity contribution is 5.85. The summed E-state index contributed by atoms with van der Waals surface area (Å²) in [5.74, 6) is -2.69. The van der Waals surface area contributed by atoms with E-state index in [1.54, 1.807) is 23.2 Å². The second kappa shape index (κ2) is 5.46. The monoisotopic (exact) mass is 311 g/mol. The average molecular weight is 311 g/mol. The molecule has 2 fully saturated rings. The van der Waals surface area contributed by atoms with Gasteiger partial charge in [0.05, 0.1) is 19.1 Å². The highest BCUT2D eigenvalue weighted by Gasteiger charge is 2.54. The Kier molecular flexibility index (Phi) is 3.76. The SMILES string of the molecule is COc1ncccc1CN1CC(F)(F)C[C@@]2(CCNC2=O)C1. The van der Waals surface area contributed by atoms with Crippen LogP contribution in [0, 0.1) is 5.41 Å². The van der Waals surface area contributed by atoms with E-state index in [1.807, 2.05) is 0 Å². The van der Waals surface area contributed by atoms with E-state index in [0.717, 1.165) is 5.56 Å². The number of halogens is 2. The summed E-state index contributed by atoms with van der Waals surface area (Å²) in [4.78, 5) is 17.8. The third-order valence-corrected chi connectivity index (χ3v) is 4.39. The van der Waals surface area contributed by atoms with Gasteiger partial charge in [-0.2, -0.15) is 0 Å². The molecule has 1 atom stereocenters. The van der Waals surface area contributed by atoms with Crippen molar-refractivity contribution in [3.63, 3.8) is 0 Å². The van der Waals surface area contributed by atoms with Gasteiger partial charge in [-0.25, -0.2) is 13.8 Å². The Morgan fingerprint density at radius 3 is 2.95 bits per heavy atom. The fourth-order valence-corrected chi connectivity index (χ4v) is 3.53. The Morgan fingerprint density at radius 1 is 1.45 bits per heavy atom. The number of amides is 1. The molecule has 2 saturated heterocycles. The zero-order valence-corrected chi connectivity index (χ0v) is 12.4. The fourth-order valence-electron chi connectivity index (χ4n) is 3.53. The molecule has 120 valence electrons. The Morgan fingerprint density at radius 2 is 2.27 bits per heavy atom. The number of carbonyl (C=O) groups excluding carboxylic acids is 1. The highest BCUT2D eigenvalue weighted by Crippen LogP contribution is 2.43.